The Morgan fingerprint density at radius 3 is 2.90 bits per heavy atom. The fourth-order valence-electron chi connectivity index (χ4n) is 1.77. The summed E-state index contributed by atoms with van der Waals surface area (Å²) >= 11 is 1.66. The lowest BCUT2D eigenvalue weighted by Gasteiger charge is -2.03. The second-order valence-corrected chi connectivity index (χ2v) is 5.29. The van der Waals surface area contributed by atoms with E-state index in [4.69, 9.17) is 0 Å². The molecule has 0 fully saturated rings. The summed E-state index contributed by atoms with van der Waals surface area (Å²) in [6, 6.07) is 3.91. The van der Waals surface area contributed by atoms with E-state index < -0.39 is 0 Å². The number of thiazole rings is 1. The van der Waals surface area contributed by atoms with Crippen LogP contribution in [0.1, 0.15) is 11.4 Å². The zero-order valence-corrected chi connectivity index (χ0v) is 12.2. The van der Waals surface area contributed by atoms with Crippen molar-refractivity contribution in [3.05, 3.63) is 34.9 Å². The number of aromatic nitrogens is 2. The van der Waals surface area contributed by atoms with Gasteiger partial charge in [0.05, 0.1) is 17.2 Å². The molecule has 0 unspecified atom stereocenters. The maximum absolute atomic E-state index is 11.3. The third-order valence-corrected chi connectivity index (χ3v) is 3.66. The molecule has 6 heteroatoms. The highest BCUT2D eigenvalue weighted by Crippen LogP contribution is 2.21. The van der Waals surface area contributed by atoms with E-state index in [1.807, 2.05) is 12.1 Å². The molecule has 2 aromatic heterocycles. The molecule has 0 radical (unpaired) electrons. The molecule has 1 amide bonds. The molecule has 2 heterocycles. The summed E-state index contributed by atoms with van der Waals surface area (Å²) in [5.41, 5.74) is 2.08. The number of rotatable bonds is 7. The van der Waals surface area contributed by atoms with Crippen LogP contribution in [0.5, 0.6) is 0 Å². The van der Waals surface area contributed by atoms with E-state index in [-0.39, 0.29) is 5.91 Å². The van der Waals surface area contributed by atoms with Crippen molar-refractivity contribution in [2.75, 3.05) is 20.1 Å². The molecule has 20 heavy (non-hydrogen) atoms. The van der Waals surface area contributed by atoms with Crippen LogP contribution < -0.4 is 10.6 Å². The molecule has 2 aromatic rings. The van der Waals surface area contributed by atoms with Gasteiger partial charge in [-0.2, -0.15) is 0 Å². The van der Waals surface area contributed by atoms with Crippen LogP contribution in [0.15, 0.2) is 29.9 Å². The molecule has 0 saturated carbocycles. The Labute approximate surface area is 122 Å². The molecule has 2 N–H and O–H groups in total. The topological polar surface area (TPSA) is 66.9 Å². The number of amides is 1. The third kappa shape index (κ3) is 4.40. The predicted molar refractivity (Wildman–Crippen MR) is 80.6 cm³/mol. The number of nitrogens with zero attached hydrogens (tertiary/aromatic N) is 2. The number of nitrogens with one attached hydrogen (secondary N) is 2. The Morgan fingerprint density at radius 2 is 2.15 bits per heavy atom. The fraction of sp³-hybridized carbons (Fsp3) is 0.357. The summed E-state index contributed by atoms with van der Waals surface area (Å²) in [4.78, 5) is 19.9. The molecule has 5 nitrogen and oxygen atoms in total. The van der Waals surface area contributed by atoms with Crippen molar-refractivity contribution in [3.63, 3.8) is 0 Å². The number of aryl methyl sites for hydroxylation is 1. The normalized spacial score (nSPS) is 10.4. The molecule has 0 saturated heterocycles. The number of carbonyl (C=O) groups is 1. The highest BCUT2D eigenvalue weighted by atomic mass is 32.1. The summed E-state index contributed by atoms with van der Waals surface area (Å²) < 4.78 is 0. The first-order valence-electron chi connectivity index (χ1n) is 6.55. The Kier molecular flexibility index (Phi) is 5.64. The SMILES string of the molecule is CNCC(=O)NCCCc1nc(-c2ccncc2)cs1. The van der Waals surface area contributed by atoms with E-state index >= 15 is 0 Å². The first-order valence-corrected chi connectivity index (χ1v) is 7.43. The largest absolute Gasteiger partial charge is 0.355 e. The van der Waals surface area contributed by atoms with Gasteiger partial charge in [0, 0.05) is 36.3 Å². The minimum atomic E-state index is 0.0316. The van der Waals surface area contributed by atoms with Crippen LogP contribution in [0.4, 0.5) is 0 Å². The molecule has 2 rings (SSSR count). The van der Waals surface area contributed by atoms with Gasteiger partial charge >= 0.3 is 0 Å². The molecule has 0 bridgehead atoms. The zero-order chi connectivity index (χ0) is 14.2. The first kappa shape index (κ1) is 14.6. The Bertz CT molecular complexity index is 541. The number of hydrogen-bond donors (Lipinski definition) is 2. The van der Waals surface area contributed by atoms with Gasteiger partial charge in [-0.1, -0.05) is 0 Å². The Balaban J connectivity index is 1.78. The van der Waals surface area contributed by atoms with Crippen molar-refractivity contribution >= 4 is 17.2 Å². The molecular formula is C14H18N4OS. The van der Waals surface area contributed by atoms with Crippen molar-refractivity contribution in [2.45, 2.75) is 12.8 Å². The van der Waals surface area contributed by atoms with Gasteiger partial charge in [0.25, 0.3) is 0 Å². The van der Waals surface area contributed by atoms with Crippen molar-refractivity contribution in [2.24, 2.45) is 0 Å². The van der Waals surface area contributed by atoms with Gasteiger partial charge in [-0.05, 0) is 25.6 Å². The van der Waals surface area contributed by atoms with Crippen LogP contribution in [0.2, 0.25) is 0 Å². The minimum Gasteiger partial charge on any atom is -0.355 e. The average molecular weight is 290 g/mol. The molecule has 0 atom stereocenters. The van der Waals surface area contributed by atoms with Gasteiger partial charge in [-0.3, -0.25) is 9.78 Å². The second kappa shape index (κ2) is 7.72. The predicted octanol–water partition coefficient (Wildman–Crippen LogP) is 1.47. The lowest BCUT2D eigenvalue weighted by molar-refractivity contribution is -0.120. The molecular weight excluding hydrogens is 272 g/mol. The van der Waals surface area contributed by atoms with Crippen LogP contribution in [-0.2, 0) is 11.2 Å². The van der Waals surface area contributed by atoms with Gasteiger partial charge < -0.3 is 10.6 Å². The summed E-state index contributed by atoms with van der Waals surface area (Å²) in [6.45, 7) is 1.05. The fourth-order valence-corrected chi connectivity index (χ4v) is 2.62. The van der Waals surface area contributed by atoms with Crippen molar-refractivity contribution in [3.8, 4) is 11.3 Å². The van der Waals surface area contributed by atoms with Crippen LogP contribution in [-0.4, -0.2) is 36.0 Å². The molecule has 0 aromatic carbocycles. The molecule has 0 aliphatic rings. The second-order valence-electron chi connectivity index (χ2n) is 4.35. The first-order chi connectivity index (χ1) is 9.79. The lowest BCUT2D eigenvalue weighted by Crippen LogP contribution is -2.32. The molecule has 0 aliphatic heterocycles. The maximum Gasteiger partial charge on any atom is 0.233 e. The number of pyridine rings is 1. The minimum absolute atomic E-state index is 0.0316. The molecule has 0 aliphatic carbocycles. The van der Waals surface area contributed by atoms with E-state index in [1.165, 1.54) is 0 Å². The molecule has 0 spiro atoms. The maximum atomic E-state index is 11.3. The van der Waals surface area contributed by atoms with Crippen LogP contribution in [0.25, 0.3) is 11.3 Å². The summed E-state index contributed by atoms with van der Waals surface area (Å²) in [5, 5.41) is 8.84. The van der Waals surface area contributed by atoms with E-state index in [2.05, 4.69) is 26.0 Å². The Hall–Kier alpha value is -1.79. The van der Waals surface area contributed by atoms with E-state index in [9.17, 15) is 4.79 Å². The van der Waals surface area contributed by atoms with Crippen molar-refractivity contribution in [1.29, 1.82) is 0 Å². The molecule has 106 valence electrons. The third-order valence-electron chi connectivity index (χ3n) is 2.75. The van der Waals surface area contributed by atoms with E-state index in [0.717, 1.165) is 29.1 Å². The standard InChI is InChI=1S/C14H18N4OS/c1-15-9-13(19)17-6-2-3-14-18-12(10-20-14)11-4-7-16-8-5-11/h4-5,7-8,10,15H,2-3,6,9H2,1H3,(H,17,19). The number of likely N-dealkylation sites (N-methyl/N-ethyl adjacent to an activating group) is 1. The van der Waals surface area contributed by atoms with Crippen LogP contribution >= 0.6 is 11.3 Å². The summed E-state index contributed by atoms with van der Waals surface area (Å²) in [7, 11) is 1.76. The quantitative estimate of drug-likeness (QED) is 0.758. The van der Waals surface area contributed by atoms with Crippen LogP contribution in [0.3, 0.4) is 0 Å². The number of carbonyl (C=O) groups excluding carboxylic acids is 1. The average Bonchev–Trinajstić information content (AvgIpc) is 2.94. The monoisotopic (exact) mass is 290 g/mol. The summed E-state index contributed by atoms with van der Waals surface area (Å²) in [5.74, 6) is 0.0316. The van der Waals surface area contributed by atoms with Gasteiger partial charge in [0.2, 0.25) is 5.91 Å². The summed E-state index contributed by atoms with van der Waals surface area (Å²) in [6.07, 6.45) is 5.33. The van der Waals surface area contributed by atoms with Gasteiger partial charge in [0.15, 0.2) is 0 Å². The van der Waals surface area contributed by atoms with Gasteiger partial charge in [0.1, 0.15) is 0 Å². The van der Waals surface area contributed by atoms with Gasteiger partial charge in [-0.25, -0.2) is 4.98 Å². The van der Waals surface area contributed by atoms with Crippen LogP contribution in [0, 0.1) is 0 Å². The van der Waals surface area contributed by atoms with Crippen molar-refractivity contribution < 1.29 is 4.79 Å². The number of hydrogen-bond acceptors (Lipinski definition) is 5. The van der Waals surface area contributed by atoms with Crippen molar-refractivity contribution in [1.82, 2.24) is 20.6 Å². The zero-order valence-electron chi connectivity index (χ0n) is 11.4. The smallest absolute Gasteiger partial charge is 0.233 e. The Morgan fingerprint density at radius 1 is 1.35 bits per heavy atom. The lowest BCUT2D eigenvalue weighted by atomic mass is 10.2. The van der Waals surface area contributed by atoms with E-state index in [1.54, 1.807) is 30.8 Å². The highest BCUT2D eigenvalue weighted by molar-refractivity contribution is 7.09. The van der Waals surface area contributed by atoms with Gasteiger partial charge in [-0.15, -0.1) is 11.3 Å². The van der Waals surface area contributed by atoms with E-state index in [0.29, 0.717) is 13.1 Å². The highest BCUT2D eigenvalue weighted by Gasteiger charge is 2.04.